The maximum atomic E-state index is 13.2. The summed E-state index contributed by atoms with van der Waals surface area (Å²) >= 11 is 0. The number of amides is 1. The number of benzene rings is 2. The largest absolute Gasteiger partial charge is 0.497 e. The molecule has 2 aliphatic rings. The zero-order valence-corrected chi connectivity index (χ0v) is 20.1. The van der Waals surface area contributed by atoms with E-state index < -0.39 is 18.1 Å². The average molecular weight is 485 g/mol. The molecule has 10 nitrogen and oxygen atoms in total. The van der Waals surface area contributed by atoms with Crippen molar-refractivity contribution < 1.29 is 38.1 Å². The van der Waals surface area contributed by atoms with E-state index in [2.05, 4.69) is 0 Å². The number of anilines is 1. The Hall–Kier alpha value is -3.79. The second-order valence-electron chi connectivity index (χ2n) is 8.28. The van der Waals surface area contributed by atoms with Gasteiger partial charge in [0, 0.05) is 37.9 Å². The molecule has 0 radical (unpaired) electrons. The summed E-state index contributed by atoms with van der Waals surface area (Å²) in [5, 5.41) is 0. The lowest BCUT2D eigenvalue weighted by Crippen LogP contribution is -2.33. The van der Waals surface area contributed by atoms with Gasteiger partial charge in [-0.05, 0) is 29.8 Å². The van der Waals surface area contributed by atoms with Crippen molar-refractivity contribution in [2.45, 2.75) is 25.0 Å². The molecule has 0 saturated carbocycles. The lowest BCUT2D eigenvalue weighted by atomic mass is 9.96. The van der Waals surface area contributed by atoms with Gasteiger partial charge in [-0.1, -0.05) is 12.1 Å². The van der Waals surface area contributed by atoms with Crippen LogP contribution in [-0.2, 0) is 32.0 Å². The predicted molar refractivity (Wildman–Crippen MR) is 125 cm³/mol. The molecule has 1 fully saturated rings. The normalized spacial score (nSPS) is 18.6. The summed E-state index contributed by atoms with van der Waals surface area (Å²) in [4.78, 5) is 41.4. The first-order valence-electron chi connectivity index (χ1n) is 11.1. The number of Topliss-reactive ketones (excluding diaryl/α,β-unsaturated/α-hetero) is 1. The second-order valence-corrected chi connectivity index (χ2v) is 8.28. The van der Waals surface area contributed by atoms with Crippen LogP contribution in [0.4, 0.5) is 10.5 Å². The minimum absolute atomic E-state index is 0.0175. The van der Waals surface area contributed by atoms with E-state index in [0.717, 1.165) is 11.3 Å². The van der Waals surface area contributed by atoms with Crippen LogP contribution < -0.4 is 14.4 Å². The van der Waals surface area contributed by atoms with Gasteiger partial charge in [0.1, 0.15) is 17.5 Å². The number of carbonyl (C=O) groups excluding carboxylic acids is 3. The Morgan fingerprint density at radius 1 is 1.03 bits per heavy atom. The molecular weight excluding hydrogens is 456 g/mol. The van der Waals surface area contributed by atoms with Crippen LogP contribution in [0, 0.1) is 0 Å². The second kappa shape index (κ2) is 10.2. The third-order valence-electron chi connectivity index (χ3n) is 6.22. The topological polar surface area (TPSA) is 104 Å². The molecule has 2 heterocycles. The van der Waals surface area contributed by atoms with E-state index in [1.165, 1.54) is 26.2 Å². The molecule has 35 heavy (non-hydrogen) atoms. The van der Waals surface area contributed by atoms with Gasteiger partial charge in [-0.15, -0.1) is 0 Å². The molecule has 2 aromatic rings. The maximum absolute atomic E-state index is 13.2. The Bertz CT molecular complexity index is 1120. The standard InChI is InChI=1S/C25H28N2O8/c1-31-14-35-22-10-16(24(29)33-3)9-19-18(22)11-21(28)23-20(27(23)25(30)34-4)13-26(19)12-15-5-7-17(32-2)8-6-15/h5-10,20,23H,11-14H2,1-4H3/t20-,23-,27?/m0/s1. The number of esters is 1. The lowest BCUT2D eigenvalue weighted by Gasteiger charge is -2.30. The number of fused-ring (bicyclic) bond motifs is 2. The molecule has 0 aliphatic carbocycles. The number of hydrogen-bond acceptors (Lipinski definition) is 9. The van der Waals surface area contributed by atoms with Gasteiger partial charge >= 0.3 is 12.1 Å². The van der Waals surface area contributed by atoms with Crippen LogP contribution in [0.2, 0.25) is 0 Å². The molecule has 0 N–H and O–H groups in total. The predicted octanol–water partition coefficient (Wildman–Crippen LogP) is 2.42. The highest BCUT2D eigenvalue weighted by Crippen LogP contribution is 2.41. The van der Waals surface area contributed by atoms with Crippen LogP contribution in [0.25, 0.3) is 0 Å². The van der Waals surface area contributed by atoms with Crippen molar-refractivity contribution in [3.63, 3.8) is 0 Å². The van der Waals surface area contributed by atoms with Gasteiger partial charge < -0.3 is 28.6 Å². The molecule has 1 amide bonds. The van der Waals surface area contributed by atoms with Crippen molar-refractivity contribution in [1.29, 1.82) is 0 Å². The van der Waals surface area contributed by atoms with Crippen LogP contribution in [0.5, 0.6) is 11.5 Å². The zero-order valence-electron chi connectivity index (χ0n) is 20.1. The molecule has 0 unspecified atom stereocenters. The monoisotopic (exact) mass is 484 g/mol. The Labute approximate surface area is 203 Å². The molecule has 0 spiro atoms. The molecular formula is C25H28N2O8. The Kier molecular flexibility index (Phi) is 7.11. The lowest BCUT2D eigenvalue weighted by molar-refractivity contribution is -0.118. The molecule has 186 valence electrons. The molecule has 2 atom stereocenters. The van der Waals surface area contributed by atoms with E-state index in [-0.39, 0.29) is 30.6 Å². The van der Waals surface area contributed by atoms with Crippen LogP contribution in [0.15, 0.2) is 36.4 Å². The summed E-state index contributed by atoms with van der Waals surface area (Å²) in [6.07, 6.45) is -0.529. The third kappa shape index (κ3) is 4.88. The van der Waals surface area contributed by atoms with E-state index in [1.807, 2.05) is 29.2 Å². The van der Waals surface area contributed by atoms with Crippen LogP contribution in [0.3, 0.4) is 0 Å². The molecule has 4 rings (SSSR count). The van der Waals surface area contributed by atoms with E-state index in [4.69, 9.17) is 23.7 Å². The van der Waals surface area contributed by atoms with E-state index >= 15 is 0 Å². The van der Waals surface area contributed by atoms with E-state index in [1.54, 1.807) is 19.2 Å². The molecule has 2 aromatic carbocycles. The first-order valence-corrected chi connectivity index (χ1v) is 11.1. The Morgan fingerprint density at radius 2 is 1.77 bits per heavy atom. The van der Waals surface area contributed by atoms with Gasteiger partial charge in [-0.3, -0.25) is 9.69 Å². The maximum Gasteiger partial charge on any atom is 0.410 e. The summed E-state index contributed by atoms with van der Waals surface area (Å²) in [5.41, 5.74) is 2.53. The minimum Gasteiger partial charge on any atom is -0.497 e. The SMILES string of the molecule is COCOc1cc(C(=O)OC)cc2c1CC(=O)[C@@H]1[C@H](CN2Cc2ccc(OC)cc2)N1C(=O)OC. The highest BCUT2D eigenvalue weighted by molar-refractivity contribution is 5.98. The van der Waals surface area contributed by atoms with Crippen molar-refractivity contribution in [2.75, 3.05) is 46.7 Å². The fourth-order valence-electron chi connectivity index (χ4n) is 4.47. The molecule has 0 bridgehead atoms. The Morgan fingerprint density at radius 3 is 2.40 bits per heavy atom. The number of ether oxygens (including phenoxy) is 5. The highest BCUT2D eigenvalue weighted by atomic mass is 16.7. The van der Waals surface area contributed by atoms with Crippen LogP contribution in [-0.4, -0.2) is 76.6 Å². The van der Waals surface area contributed by atoms with Crippen LogP contribution >= 0.6 is 0 Å². The zero-order chi connectivity index (χ0) is 25.1. The number of rotatable bonds is 7. The number of ketones is 1. The van der Waals surface area contributed by atoms with Gasteiger partial charge in [0.2, 0.25) is 0 Å². The Balaban J connectivity index is 1.80. The summed E-state index contributed by atoms with van der Waals surface area (Å²) in [5.74, 6) is 0.420. The van der Waals surface area contributed by atoms with Gasteiger partial charge in [0.25, 0.3) is 0 Å². The average Bonchev–Trinajstić information content (AvgIpc) is 3.59. The van der Waals surface area contributed by atoms with E-state index in [9.17, 15) is 14.4 Å². The number of methoxy groups -OCH3 is 4. The molecule has 1 saturated heterocycles. The summed E-state index contributed by atoms with van der Waals surface area (Å²) in [6.45, 7) is 0.751. The first-order chi connectivity index (χ1) is 16.9. The fraction of sp³-hybridized carbons (Fsp3) is 0.400. The van der Waals surface area contributed by atoms with Gasteiger partial charge in [-0.2, -0.15) is 0 Å². The smallest absolute Gasteiger partial charge is 0.410 e. The van der Waals surface area contributed by atoms with Crippen LogP contribution in [0.1, 0.15) is 21.5 Å². The van der Waals surface area contributed by atoms with Gasteiger partial charge in [0.15, 0.2) is 12.6 Å². The summed E-state index contributed by atoms with van der Waals surface area (Å²) in [7, 11) is 5.68. The van der Waals surface area contributed by atoms with Gasteiger partial charge in [-0.25, -0.2) is 9.59 Å². The summed E-state index contributed by atoms with van der Waals surface area (Å²) in [6, 6.07) is 9.94. The summed E-state index contributed by atoms with van der Waals surface area (Å²) < 4.78 is 25.9. The van der Waals surface area contributed by atoms with Crippen molar-refractivity contribution in [3.8, 4) is 11.5 Å². The molecule has 0 aromatic heterocycles. The van der Waals surface area contributed by atoms with Crippen molar-refractivity contribution in [3.05, 3.63) is 53.1 Å². The quantitative estimate of drug-likeness (QED) is 0.333. The first kappa shape index (κ1) is 24.3. The fourth-order valence-corrected chi connectivity index (χ4v) is 4.47. The number of nitrogens with zero attached hydrogens (tertiary/aromatic N) is 2. The van der Waals surface area contributed by atoms with Crippen molar-refractivity contribution >= 4 is 23.5 Å². The third-order valence-corrected chi connectivity index (χ3v) is 6.22. The highest BCUT2D eigenvalue weighted by Gasteiger charge is 2.57. The number of carbonyl (C=O) groups is 3. The number of hydrogen-bond donors (Lipinski definition) is 0. The van der Waals surface area contributed by atoms with Gasteiger partial charge in [0.05, 0.1) is 32.9 Å². The van der Waals surface area contributed by atoms with Crippen molar-refractivity contribution in [1.82, 2.24) is 4.90 Å². The molecule has 2 aliphatic heterocycles. The molecule has 10 heteroatoms. The van der Waals surface area contributed by atoms with E-state index in [0.29, 0.717) is 30.1 Å². The van der Waals surface area contributed by atoms with Crippen molar-refractivity contribution in [2.24, 2.45) is 0 Å². The minimum atomic E-state index is -0.579.